The fourth-order valence-electron chi connectivity index (χ4n) is 3.06. The SMILES string of the molecule is COP(=O)(OC)C(OC(=O)c1cc(Oc2ccc(C(F)(F)F)cc2Cl)ccc1[N+](=O)[O-])c1cccnc1. The van der Waals surface area contributed by atoms with Gasteiger partial charge in [0.15, 0.2) is 0 Å². The second kappa shape index (κ2) is 11.3. The predicted molar refractivity (Wildman–Crippen MR) is 124 cm³/mol. The molecule has 0 fully saturated rings. The van der Waals surface area contributed by atoms with Crippen molar-refractivity contribution in [3.63, 3.8) is 0 Å². The van der Waals surface area contributed by atoms with Crippen molar-refractivity contribution in [3.05, 3.63) is 92.8 Å². The summed E-state index contributed by atoms with van der Waals surface area (Å²) in [6.45, 7) is 0. The van der Waals surface area contributed by atoms with Gasteiger partial charge < -0.3 is 18.5 Å². The number of rotatable bonds is 9. The molecular formula is C22H17ClF3N2O8P. The van der Waals surface area contributed by atoms with Crippen LogP contribution in [0, 0.1) is 10.1 Å². The quantitative estimate of drug-likeness (QED) is 0.120. The smallest absolute Gasteiger partial charge is 0.416 e. The van der Waals surface area contributed by atoms with Gasteiger partial charge >= 0.3 is 19.7 Å². The molecule has 0 saturated heterocycles. The Bertz CT molecular complexity index is 1350. The number of esters is 1. The maximum atomic E-state index is 13.1. The van der Waals surface area contributed by atoms with Crippen LogP contribution in [-0.2, 0) is 24.5 Å². The molecule has 0 amide bonds. The van der Waals surface area contributed by atoms with Crippen LogP contribution in [-0.4, -0.2) is 30.1 Å². The van der Waals surface area contributed by atoms with Gasteiger partial charge in [-0.15, -0.1) is 0 Å². The van der Waals surface area contributed by atoms with Gasteiger partial charge in [0.2, 0.25) is 5.85 Å². The number of pyridine rings is 1. The number of nitrogens with zero attached hydrogens (tertiary/aromatic N) is 2. The van der Waals surface area contributed by atoms with E-state index in [1.54, 1.807) is 0 Å². The molecular weight excluding hydrogens is 544 g/mol. The zero-order chi connectivity index (χ0) is 27.4. The van der Waals surface area contributed by atoms with Crippen LogP contribution in [0.4, 0.5) is 18.9 Å². The third kappa shape index (κ3) is 6.44. The van der Waals surface area contributed by atoms with Gasteiger partial charge in [-0.2, -0.15) is 13.2 Å². The number of nitro benzene ring substituents is 1. The standard InChI is InChI=1S/C22H17ClF3N2O8P/c1-33-37(32,34-2)21(13-4-3-9-27-12-13)36-20(29)16-11-15(6-7-18(16)28(30)31)35-19-8-5-14(10-17(19)23)22(24,25)26/h3-12,21H,1-2H3. The summed E-state index contributed by atoms with van der Waals surface area (Å²) in [5.74, 6) is -3.32. The normalized spacial score (nSPS) is 12.6. The number of aromatic nitrogens is 1. The Morgan fingerprint density at radius 3 is 2.38 bits per heavy atom. The van der Waals surface area contributed by atoms with Gasteiger partial charge in [0.1, 0.15) is 17.1 Å². The molecule has 15 heteroatoms. The number of benzene rings is 2. The molecule has 196 valence electrons. The van der Waals surface area contributed by atoms with Crippen LogP contribution in [0.5, 0.6) is 11.5 Å². The first-order valence-electron chi connectivity index (χ1n) is 10.0. The van der Waals surface area contributed by atoms with Gasteiger partial charge in [0.25, 0.3) is 5.69 Å². The molecule has 0 aliphatic rings. The second-order valence-corrected chi connectivity index (χ2v) is 9.82. The lowest BCUT2D eigenvalue weighted by Crippen LogP contribution is -2.15. The highest BCUT2D eigenvalue weighted by Gasteiger charge is 2.40. The van der Waals surface area contributed by atoms with Crippen molar-refractivity contribution in [1.82, 2.24) is 4.98 Å². The van der Waals surface area contributed by atoms with E-state index >= 15 is 0 Å². The van der Waals surface area contributed by atoms with E-state index in [-0.39, 0.29) is 17.1 Å². The molecule has 10 nitrogen and oxygen atoms in total. The zero-order valence-electron chi connectivity index (χ0n) is 19.0. The molecule has 0 saturated carbocycles. The fraction of sp³-hybridized carbons (Fsp3) is 0.182. The maximum Gasteiger partial charge on any atom is 0.416 e. The van der Waals surface area contributed by atoms with E-state index in [4.69, 9.17) is 30.1 Å². The molecule has 0 aliphatic carbocycles. The van der Waals surface area contributed by atoms with Gasteiger partial charge in [-0.05, 0) is 30.3 Å². The molecule has 2 aromatic carbocycles. The minimum absolute atomic E-state index is 0.120. The van der Waals surface area contributed by atoms with Crippen molar-refractivity contribution in [2.75, 3.05) is 14.2 Å². The number of carbonyl (C=O) groups is 1. The monoisotopic (exact) mass is 560 g/mol. The number of carbonyl (C=O) groups excluding carboxylic acids is 1. The Hall–Kier alpha value is -3.51. The lowest BCUT2D eigenvalue weighted by molar-refractivity contribution is -0.385. The molecule has 1 aromatic heterocycles. The summed E-state index contributed by atoms with van der Waals surface area (Å²) in [5, 5.41) is 11.2. The zero-order valence-corrected chi connectivity index (χ0v) is 20.6. The molecule has 3 rings (SSSR count). The molecule has 3 aromatic rings. The van der Waals surface area contributed by atoms with Crippen LogP contribution in [0.25, 0.3) is 0 Å². The number of hydrogen-bond acceptors (Lipinski definition) is 9. The second-order valence-electron chi connectivity index (χ2n) is 7.13. The largest absolute Gasteiger partial charge is 0.456 e. The van der Waals surface area contributed by atoms with Crippen LogP contribution in [0.2, 0.25) is 5.02 Å². The van der Waals surface area contributed by atoms with Crippen molar-refractivity contribution in [2.45, 2.75) is 12.0 Å². The number of alkyl halides is 3. The Kier molecular flexibility index (Phi) is 8.54. The Balaban J connectivity index is 1.99. The molecule has 0 radical (unpaired) electrons. The lowest BCUT2D eigenvalue weighted by Gasteiger charge is -2.24. The summed E-state index contributed by atoms with van der Waals surface area (Å²) < 4.78 is 72.4. The Morgan fingerprint density at radius 2 is 1.84 bits per heavy atom. The predicted octanol–water partition coefficient (Wildman–Crippen LogP) is 6.80. The highest BCUT2D eigenvalue weighted by molar-refractivity contribution is 7.54. The molecule has 0 aliphatic heterocycles. The summed E-state index contributed by atoms with van der Waals surface area (Å²) in [4.78, 5) is 27.6. The van der Waals surface area contributed by atoms with Gasteiger partial charge in [-0.3, -0.25) is 19.7 Å². The van der Waals surface area contributed by atoms with Crippen LogP contribution in [0.1, 0.15) is 27.3 Å². The summed E-state index contributed by atoms with van der Waals surface area (Å²) in [6, 6.07) is 8.19. The molecule has 37 heavy (non-hydrogen) atoms. The van der Waals surface area contributed by atoms with Crippen LogP contribution >= 0.6 is 19.2 Å². The lowest BCUT2D eigenvalue weighted by atomic mass is 10.1. The van der Waals surface area contributed by atoms with Crippen molar-refractivity contribution >= 4 is 30.9 Å². The molecule has 0 spiro atoms. The minimum Gasteiger partial charge on any atom is -0.456 e. The van der Waals surface area contributed by atoms with E-state index in [0.29, 0.717) is 6.07 Å². The summed E-state index contributed by atoms with van der Waals surface area (Å²) in [5.41, 5.74) is -2.20. The summed E-state index contributed by atoms with van der Waals surface area (Å²) in [6.07, 6.45) is -1.99. The third-order valence-electron chi connectivity index (χ3n) is 4.86. The molecule has 1 heterocycles. The Morgan fingerprint density at radius 1 is 1.14 bits per heavy atom. The number of nitro groups is 1. The minimum atomic E-state index is -4.64. The molecule has 0 bridgehead atoms. The van der Waals surface area contributed by atoms with Gasteiger partial charge in [-0.1, -0.05) is 17.7 Å². The van der Waals surface area contributed by atoms with E-state index in [0.717, 1.165) is 44.6 Å². The van der Waals surface area contributed by atoms with Gasteiger partial charge in [0, 0.05) is 44.3 Å². The van der Waals surface area contributed by atoms with E-state index in [9.17, 15) is 32.6 Å². The van der Waals surface area contributed by atoms with E-state index in [2.05, 4.69) is 4.98 Å². The molecule has 0 N–H and O–H groups in total. The average Bonchev–Trinajstić information content (AvgIpc) is 2.87. The first-order chi connectivity index (χ1) is 17.4. The van der Waals surface area contributed by atoms with Crippen LogP contribution < -0.4 is 4.74 Å². The fourth-order valence-corrected chi connectivity index (χ4v) is 4.55. The maximum absolute atomic E-state index is 13.1. The van der Waals surface area contributed by atoms with Crippen LogP contribution in [0.3, 0.4) is 0 Å². The number of ether oxygens (including phenoxy) is 2. The molecule has 1 unspecified atom stereocenters. The third-order valence-corrected chi connectivity index (χ3v) is 7.15. The summed E-state index contributed by atoms with van der Waals surface area (Å²) in [7, 11) is -1.99. The van der Waals surface area contributed by atoms with Gasteiger partial charge in [-0.25, -0.2) is 4.79 Å². The highest BCUT2D eigenvalue weighted by Crippen LogP contribution is 2.60. The van der Waals surface area contributed by atoms with Crippen molar-refractivity contribution in [1.29, 1.82) is 0 Å². The van der Waals surface area contributed by atoms with Crippen molar-refractivity contribution < 1.29 is 46.0 Å². The van der Waals surface area contributed by atoms with E-state index in [1.807, 2.05) is 0 Å². The van der Waals surface area contributed by atoms with E-state index in [1.165, 1.54) is 24.5 Å². The van der Waals surface area contributed by atoms with Crippen LogP contribution in [0.15, 0.2) is 60.9 Å². The average molecular weight is 561 g/mol. The number of halogens is 4. The number of hydrogen-bond donors (Lipinski definition) is 0. The van der Waals surface area contributed by atoms with Crippen molar-refractivity contribution in [2.24, 2.45) is 0 Å². The summed E-state index contributed by atoms with van der Waals surface area (Å²) >= 11 is 5.90. The van der Waals surface area contributed by atoms with E-state index < -0.39 is 52.3 Å². The highest BCUT2D eigenvalue weighted by atomic mass is 35.5. The first-order valence-corrected chi connectivity index (χ1v) is 12.0. The first kappa shape index (κ1) is 28.1. The van der Waals surface area contributed by atoms with Gasteiger partial charge in [0.05, 0.1) is 15.5 Å². The topological polar surface area (TPSA) is 127 Å². The Labute approximate surface area is 212 Å². The van der Waals surface area contributed by atoms with Crippen molar-refractivity contribution in [3.8, 4) is 11.5 Å². The molecule has 1 atom stereocenters.